The Kier molecular flexibility index (Phi) is 8.02. The molecule has 168 valence electrons. The van der Waals surface area contributed by atoms with Crippen LogP contribution in [-0.2, 0) is 17.9 Å². The Labute approximate surface area is 189 Å². The molecule has 7 nitrogen and oxygen atoms in total. The number of carbonyl (C=O) groups excluding carboxylic acids is 1. The second-order valence-electron chi connectivity index (χ2n) is 7.90. The lowest BCUT2D eigenvalue weighted by molar-refractivity contribution is -0.118. The zero-order valence-electron chi connectivity index (χ0n) is 19.1. The lowest BCUT2D eigenvalue weighted by Gasteiger charge is -2.10. The zero-order valence-corrected chi connectivity index (χ0v) is 19.1. The van der Waals surface area contributed by atoms with Crippen molar-refractivity contribution in [3.05, 3.63) is 71.6 Å². The maximum atomic E-state index is 11.8. The summed E-state index contributed by atoms with van der Waals surface area (Å²) in [5.41, 5.74) is 4.79. The number of hydrogen-bond donors (Lipinski definition) is 3. The zero-order chi connectivity index (χ0) is 22.9. The maximum absolute atomic E-state index is 11.8. The van der Waals surface area contributed by atoms with Crippen molar-refractivity contribution >= 4 is 17.6 Å². The van der Waals surface area contributed by atoms with E-state index in [2.05, 4.69) is 32.9 Å². The molecule has 3 rings (SSSR count). The molecule has 1 aromatic heterocycles. The van der Waals surface area contributed by atoms with Gasteiger partial charge >= 0.3 is 0 Å². The van der Waals surface area contributed by atoms with Gasteiger partial charge in [-0.05, 0) is 43.7 Å². The highest BCUT2D eigenvalue weighted by molar-refractivity contribution is 5.92. The number of carbonyl (C=O) groups is 1. The van der Waals surface area contributed by atoms with Crippen LogP contribution in [0.4, 0.5) is 5.69 Å². The number of oxazole rings is 1. The van der Waals surface area contributed by atoms with Crippen molar-refractivity contribution in [2.24, 2.45) is 10.9 Å². The summed E-state index contributed by atoms with van der Waals surface area (Å²) in [4.78, 5) is 21.0. The second kappa shape index (κ2) is 11.1. The van der Waals surface area contributed by atoms with Gasteiger partial charge in [0.15, 0.2) is 5.96 Å². The molecule has 3 N–H and O–H groups in total. The van der Waals surface area contributed by atoms with E-state index in [4.69, 9.17) is 4.42 Å². The summed E-state index contributed by atoms with van der Waals surface area (Å²) < 4.78 is 5.62. The Hall–Kier alpha value is -3.61. The third-order valence-electron chi connectivity index (χ3n) is 4.80. The maximum Gasteiger partial charge on any atom is 0.226 e. The Morgan fingerprint density at radius 1 is 1.06 bits per heavy atom. The first kappa shape index (κ1) is 23.1. The van der Waals surface area contributed by atoms with Crippen LogP contribution in [0.5, 0.6) is 0 Å². The van der Waals surface area contributed by atoms with Crippen molar-refractivity contribution in [2.45, 2.75) is 40.8 Å². The molecule has 0 fully saturated rings. The fraction of sp³-hybridized carbons (Fsp3) is 0.320. The van der Waals surface area contributed by atoms with Gasteiger partial charge in [-0.15, -0.1) is 0 Å². The van der Waals surface area contributed by atoms with Crippen LogP contribution in [-0.4, -0.2) is 23.4 Å². The minimum atomic E-state index is -0.0503. The minimum absolute atomic E-state index is 0.00722. The van der Waals surface area contributed by atoms with Gasteiger partial charge in [0.05, 0.1) is 18.8 Å². The van der Waals surface area contributed by atoms with Crippen LogP contribution < -0.4 is 16.0 Å². The van der Waals surface area contributed by atoms with Crippen LogP contribution in [0.15, 0.2) is 64.2 Å². The quantitative estimate of drug-likeness (QED) is 0.359. The molecule has 0 bridgehead atoms. The van der Waals surface area contributed by atoms with Crippen LogP contribution in [0.25, 0.3) is 11.5 Å². The van der Waals surface area contributed by atoms with Crippen LogP contribution in [0, 0.1) is 12.8 Å². The first-order valence-electron chi connectivity index (χ1n) is 10.9. The third-order valence-corrected chi connectivity index (χ3v) is 4.80. The Balaban J connectivity index is 1.57. The van der Waals surface area contributed by atoms with Gasteiger partial charge in [0, 0.05) is 23.7 Å². The highest BCUT2D eigenvalue weighted by Crippen LogP contribution is 2.19. The number of aliphatic imine (C=N–C) groups is 1. The van der Waals surface area contributed by atoms with Crippen LogP contribution >= 0.6 is 0 Å². The van der Waals surface area contributed by atoms with E-state index in [1.165, 1.54) is 5.56 Å². The van der Waals surface area contributed by atoms with Gasteiger partial charge in [-0.2, -0.15) is 0 Å². The fourth-order valence-corrected chi connectivity index (χ4v) is 2.88. The Morgan fingerprint density at radius 2 is 1.78 bits per heavy atom. The number of amides is 1. The molecule has 2 aromatic carbocycles. The molecule has 1 amide bonds. The number of benzene rings is 2. The summed E-state index contributed by atoms with van der Waals surface area (Å²) in [7, 11) is 0. The van der Waals surface area contributed by atoms with Crippen molar-refractivity contribution in [3.63, 3.8) is 0 Å². The summed E-state index contributed by atoms with van der Waals surface area (Å²) in [5, 5.41) is 9.43. The molecular weight excluding hydrogens is 402 g/mol. The topological polar surface area (TPSA) is 91.5 Å². The lowest BCUT2D eigenvalue weighted by Crippen LogP contribution is -2.36. The number of aromatic nitrogens is 1. The second-order valence-corrected chi connectivity index (χ2v) is 7.90. The molecule has 0 radical (unpaired) electrons. The van der Waals surface area contributed by atoms with Gasteiger partial charge < -0.3 is 20.4 Å². The standard InChI is InChI=1S/C25H31N5O2/c1-5-26-25(27-14-19-8-12-21(13-9-19)29-23(31)17(2)3)28-15-22-16-32-24(30-22)20-10-6-18(4)7-11-20/h6-13,16-17H,5,14-15H2,1-4H3,(H,29,31)(H2,26,27,28). The lowest BCUT2D eigenvalue weighted by atomic mass is 10.1. The molecule has 7 heteroatoms. The molecule has 0 atom stereocenters. The van der Waals surface area contributed by atoms with Crippen LogP contribution in [0.3, 0.4) is 0 Å². The van der Waals surface area contributed by atoms with Crippen molar-refractivity contribution in [1.29, 1.82) is 0 Å². The summed E-state index contributed by atoms with van der Waals surface area (Å²) in [5.74, 6) is 1.26. The molecule has 0 aliphatic rings. The number of rotatable bonds is 8. The number of guanidine groups is 1. The van der Waals surface area contributed by atoms with E-state index in [9.17, 15) is 4.79 Å². The highest BCUT2D eigenvalue weighted by atomic mass is 16.3. The summed E-state index contributed by atoms with van der Waals surface area (Å²) in [6.45, 7) is 9.58. The van der Waals surface area contributed by atoms with E-state index in [0.29, 0.717) is 24.9 Å². The largest absolute Gasteiger partial charge is 0.444 e. The molecule has 3 aromatic rings. The highest BCUT2D eigenvalue weighted by Gasteiger charge is 2.08. The monoisotopic (exact) mass is 433 g/mol. The van der Waals surface area contributed by atoms with Crippen molar-refractivity contribution in [2.75, 3.05) is 11.9 Å². The van der Waals surface area contributed by atoms with E-state index >= 15 is 0 Å². The molecular formula is C25H31N5O2. The van der Waals surface area contributed by atoms with E-state index in [-0.39, 0.29) is 11.8 Å². The molecule has 0 unspecified atom stereocenters. The summed E-state index contributed by atoms with van der Waals surface area (Å²) in [6.07, 6.45) is 1.66. The van der Waals surface area contributed by atoms with Crippen LogP contribution in [0.1, 0.15) is 37.6 Å². The third kappa shape index (κ3) is 6.70. The SMILES string of the molecule is CCNC(=NCc1ccc(NC(=O)C(C)C)cc1)NCc1coc(-c2ccc(C)cc2)n1. The number of aryl methyl sites for hydroxylation is 1. The normalized spacial score (nSPS) is 11.5. The Morgan fingerprint density at radius 3 is 2.44 bits per heavy atom. The number of nitrogens with one attached hydrogen (secondary N) is 3. The van der Waals surface area contributed by atoms with E-state index in [1.807, 2.05) is 69.3 Å². The molecule has 1 heterocycles. The van der Waals surface area contributed by atoms with Crippen molar-refractivity contribution in [3.8, 4) is 11.5 Å². The van der Waals surface area contributed by atoms with Crippen molar-refractivity contribution < 1.29 is 9.21 Å². The molecule has 0 aliphatic heterocycles. The molecule has 0 saturated heterocycles. The number of nitrogens with zero attached hydrogens (tertiary/aromatic N) is 2. The van der Waals surface area contributed by atoms with Gasteiger partial charge in [0.2, 0.25) is 11.8 Å². The summed E-state index contributed by atoms with van der Waals surface area (Å²) in [6, 6.07) is 15.8. The molecule has 32 heavy (non-hydrogen) atoms. The van der Waals surface area contributed by atoms with E-state index in [1.54, 1.807) is 6.26 Å². The first-order valence-corrected chi connectivity index (χ1v) is 10.9. The molecule has 0 aliphatic carbocycles. The molecule has 0 saturated carbocycles. The average Bonchev–Trinajstić information content (AvgIpc) is 3.26. The molecule has 0 spiro atoms. The Bertz CT molecular complexity index is 1040. The van der Waals surface area contributed by atoms with Gasteiger partial charge in [-0.1, -0.05) is 43.7 Å². The number of anilines is 1. The van der Waals surface area contributed by atoms with Gasteiger partial charge in [0.1, 0.15) is 6.26 Å². The first-order chi connectivity index (χ1) is 15.4. The average molecular weight is 434 g/mol. The van der Waals surface area contributed by atoms with Gasteiger partial charge in [-0.3, -0.25) is 4.79 Å². The number of hydrogen-bond acceptors (Lipinski definition) is 4. The van der Waals surface area contributed by atoms with Crippen LogP contribution in [0.2, 0.25) is 0 Å². The van der Waals surface area contributed by atoms with Gasteiger partial charge in [0.25, 0.3) is 0 Å². The predicted octanol–water partition coefficient (Wildman–Crippen LogP) is 4.50. The minimum Gasteiger partial charge on any atom is -0.444 e. The summed E-state index contributed by atoms with van der Waals surface area (Å²) >= 11 is 0. The van der Waals surface area contributed by atoms with E-state index in [0.717, 1.165) is 29.1 Å². The van der Waals surface area contributed by atoms with Gasteiger partial charge in [-0.25, -0.2) is 9.98 Å². The fourth-order valence-electron chi connectivity index (χ4n) is 2.88. The predicted molar refractivity (Wildman–Crippen MR) is 128 cm³/mol. The van der Waals surface area contributed by atoms with Crippen molar-refractivity contribution in [1.82, 2.24) is 15.6 Å². The smallest absolute Gasteiger partial charge is 0.226 e. The van der Waals surface area contributed by atoms with E-state index < -0.39 is 0 Å².